The zero-order chi connectivity index (χ0) is 20.4. The molecule has 1 aliphatic heterocycles. The van der Waals surface area contributed by atoms with E-state index in [1.807, 2.05) is 13.0 Å². The first-order valence-electron chi connectivity index (χ1n) is 9.80. The zero-order valence-corrected chi connectivity index (χ0v) is 17.0. The van der Waals surface area contributed by atoms with Crippen LogP contribution in [-0.4, -0.2) is 28.7 Å². The molecule has 1 fully saturated rings. The van der Waals surface area contributed by atoms with Gasteiger partial charge in [0.05, 0.1) is 23.1 Å². The van der Waals surface area contributed by atoms with Crippen molar-refractivity contribution in [2.45, 2.75) is 49.3 Å². The Kier molecular flexibility index (Phi) is 5.54. The molecule has 2 amide bonds. The molecule has 148 valence electrons. The molecule has 2 aromatic rings. The number of anilines is 1. The predicted molar refractivity (Wildman–Crippen MR) is 110 cm³/mol. The van der Waals surface area contributed by atoms with E-state index >= 15 is 0 Å². The number of carbonyl (C=O) groups excluding carboxylic acids is 2. The Bertz CT molecular complexity index is 998. The van der Waals surface area contributed by atoms with Crippen LogP contribution in [0.25, 0.3) is 0 Å². The van der Waals surface area contributed by atoms with Crippen molar-refractivity contribution in [3.8, 4) is 11.8 Å². The molecule has 4 rings (SSSR count). The first-order chi connectivity index (χ1) is 14.1. The number of carbonyl (C=O) groups is 2. The lowest BCUT2D eigenvalue weighted by Gasteiger charge is -2.18. The summed E-state index contributed by atoms with van der Waals surface area (Å²) < 4.78 is 5.42. The molecule has 0 spiro atoms. The molecule has 0 unspecified atom stereocenters. The molecule has 1 atom stereocenters. The highest BCUT2D eigenvalue weighted by Gasteiger charge is 2.40. The molecule has 6 nitrogen and oxygen atoms in total. The lowest BCUT2D eigenvalue weighted by atomic mass is 9.95. The second-order valence-electron chi connectivity index (χ2n) is 7.07. The standard InChI is InChI=1S/C22H21N3O3S/c1-2-28-17-9-7-16(8-10-17)25-20(26)12-19(22(25)27)29-21-15(13-23)11-14-5-3-4-6-18(14)24-21/h7-11,19H,2-6,12H2,1H3/t19-/m1/s1. The van der Waals surface area contributed by atoms with Crippen LogP contribution >= 0.6 is 11.8 Å². The second kappa shape index (κ2) is 8.26. The number of aryl methyl sites for hydroxylation is 2. The Hall–Kier alpha value is -2.85. The van der Waals surface area contributed by atoms with Gasteiger partial charge in [0, 0.05) is 12.1 Å². The summed E-state index contributed by atoms with van der Waals surface area (Å²) >= 11 is 1.23. The van der Waals surface area contributed by atoms with Crippen LogP contribution in [0.4, 0.5) is 5.69 Å². The molecule has 2 aliphatic rings. The van der Waals surface area contributed by atoms with Gasteiger partial charge in [-0.3, -0.25) is 9.59 Å². The fraction of sp³-hybridized carbons (Fsp3) is 0.364. The number of nitrogens with zero attached hydrogens (tertiary/aromatic N) is 3. The molecular formula is C22H21N3O3S. The van der Waals surface area contributed by atoms with Gasteiger partial charge in [0.25, 0.3) is 0 Å². The SMILES string of the molecule is CCOc1ccc(N2C(=O)C[C@@H](Sc3nc4c(cc3C#N)CCCC4)C2=O)cc1. The summed E-state index contributed by atoms with van der Waals surface area (Å²) in [6, 6.07) is 11.0. The number of amides is 2. The summed E-state index contributed by atoms with van der Waals surface area (Å²) in [5, 5.41) is 9.51. The van der Waals surface area contributed by atoms with Crippen LogP contribution in [0.15, 0.2) is 35.4 Å². The summed E-state index contributed by atoms with van der Waals surface area (Å²) in [4.78, 5) is 31.4. The zero-order valence-electron chi connectivity index (χ0n) is 16.2. The number of imide groups is 1. The molecule has 7 heteroatoms. The minimum atomic E-state index is -0.574. The fourth-order valence-corrected chi connectivity index (χ4v) is 4.84. The van der Waals surface area contributed by atoms with E-state index in [1.54, 1.807) is 24.3 Å². The van der Waals surface area contributed by atoms with E-state index in [1.165, 1.54) is 16.7 Å². The molecule has 1 aromatic carbocycles. The van der Waals surface area contributed by atoms with Crippen molar-refractivity contribution in [2.75, 3.05) is 11.5 Å². The second-order valence-corrected chi connectivity index (χ2v) is 8.26. The van der Waals surface area contributed by atoms with Crippen molar-refractivity contribution < 1.29 is 14.3 Å². The molecule has 1 aliphatic carbocycles. The van der Waals surface area contributed by atoms with Crippen LogP contribution in [0.5, 0.6) is 5.75 Å². The average molecular weight is 407 g/mol. The summed E-state index contributed by atoms with van der Waals surface area (Å²) in [6.45, 7) is 2.45. The quantitative estimate of drug-likeness (QED) is 0.704. The van der Waals surface area contributed by atoms with Crippen LogP contribution in [-0.2, 0) is 22.4 Å². The Morgan fingerprint density at radius 2 is 2.00 bits per heavy atom. The number of pyridine rings is 1. The van der Waals surface area contributed by atoms with Crippen molar-refractivity contribution in [3.63, 3.8) is 0 Å². The maximum Gasteiger partial charge on any atom is 0.247 e. The van der Waals surface area contributed by atoms with Crippen LogP contribution in [0, 0.1) is 11.3 Å². The molecule has 1 saturated heterocycles. The predicted octanol–water partition coefficient (Wildman–Crippen LogP) is 3.65. The van der Waals surface area contributed by atoms with Gasteiger partial charge in [-0.2, -0.15) is 5.26 Å². The van der Waals surface area contributed by atoms with Crippen molar-refractivity contribution in [2.24, 2.45) is 0 Å². The van der Waals surface area contributed by atoms with E-state index in [2.05, 4.69) is 11.1 Å². The van der Waals surface area contributed by atoms with E-state index < -0.39 is 5.25 Å². The van der Waals surface area contributed by atoms with Crippen molar-refractivity contribution >= 4 is 29.3 Å². The van der Waals surface area contributed by atoms with Gasteiger partial charge in [0.2, 0.25) is 11.8 Å². The number of aromatic nitrogens is 1. The molecule has 0 saturated carbocycles. The number of benzene rings is 1. The van der Waals surface area contributed by atoms with Gasteiger partial charge < -0.3 is 4.74 Å². The first kappa shape index (κ1) is 19.5. The molecule has 29 heavy (non-hydrogen) atoms. The molecule has 0 N–H and O–H groups in total. The number of hydrogen-bond acceptors (Lipinski definition) is 6. The van der Waals surface area contributed by atoms with Gasteiger partial charge in [-0.15, -0.1) is 0 Å². The summed E-state index contributed by atoms with van der Waals surface area (Å²) in [5.74, 6) is 0.180. The van der Waals surface area contributed by atoms with Gasteiger partial charge in [0.1, 0.15) is 16.8 Å². The van der Waals surface area contributed by atoms with Crippen molar-refractivity contribution in [3.05, 3.63) is 47.2 Å². The third-order valence-electron chi connectivity index (χ3n) is 5.15. The van der Waals surface area contributed by atoms with Gasteiger partial charge >= 0.3 is 0 Å². The summed E-state index contributed by atoms with van der Waals surface area (Å²) in [6.07, 6.45) is 4.13. The minimum absolute atomic E-state index is 0.0976. The van der Waals surface area contributed by atoms with Crippen LogP contribution in [0.1, 0.15) is 43.0 Å². The Balaban J connectivity index is 1.56. The van der Waals surface area contributed by atoms with Crippen LogP contribution in [0.2, 0.25) is 0 Å². The highest BCUT2D eigenvalue weighted by atomic mass is 32.2. The molecule has 1 aromatic heterocycles. The number of hydrogen-bond donors (Lipinski definition) is 0. The Labute approximate surface area is 173 Å². The number of fused-ring (bicyclic) bond motifs is 1. The Morgan fingerprint density at radius 1 is 1.24 bits per heavy atom. The molecule has 2 heterocycles. The van der Waals surface area contributed by atoms with Crippen molar-refractivity contribution in [1.82, 2.24) is 4.98 Å². The molecular weight excluding hydrogens is 386 g/mol. The summed E-state index contributed by atoms with van der Waals surface area (Å²) in [7, 11) is 0. The topological polar surface area (TPSA) is 83.3 Å². The number of nitriles is 1. The highest BCUT2D eigenvalue weighted by Crippen LogP contribution is 2.36. The number of thioether (sulfide) groups is 1. The largest absolute Gasteiger partial charge is 0.494 e. The number of rotatable bonds is 5. The lowest BCUT2D eigenvalue weighted by molar-refractivity contribution is -0.121. The maximum atomic E-state index is 13.0. The van der Waals surface area contributed by atoms with E-state index in [0.717, 1.165) is 36.9 Å². The lowest BCUT2D eigenvalue weighted by Crippen LogP contribution is -2.31. The fourth-order valence-electron chi connectivity index (χ4n) is 3.74. The van der Waals surface area contributed by atoms with Crippen LogP contribution in [0.3, 0.4) is 0 Å². The number of ether oxygens (including phenoxy) is 1. The smallest absolute Gasteiger partial charge is 0.247 e. The third kappa shape index (κ3) is 3.85. The van der Waals surface area contributed by atoms with E-state index in [0.29, 0.717) is 28.6 Å². The van der Waals surface area contributed by atoms with Gasteiger partial charge in [-0.05, 0) is 68.5 Å². The van der Waals surface area contributed by atoms with Gasteiger partial charge in [-0.25, -0.2) is 9.88 Å². The van der Waals surface area contributed by atoms with Crippen LogP contribution < -0.4 is 9.64 Å². The molecule has 0 bridgehead atoms. The van der Waals surface area contributed by atoms with E-state index in [9.17, 15) is 14.9 Å². The van der Waals surface area contributed by atoms with Crippen molar-refractivity contribution in [1.29, 1.82) is 5.26 Å². The average Bonchev–Trinajstić information content (AvgIpc) is 3.01. The third-order valence-corrected chi connectivity index (χ3v) is 6.34. The van der Waals surface area contributed by atoms with Gasteiger partial charge in [0.15, 0.2) is 0 Å². The first-order valence-corrected chi connectivity index (χ1v) is 10.7. The van der Waals surface area contributed by atoms with E-state index in [-0.39, 0.29) is 18.2 Å². The highest BCUT2D eigenvalue weighted by molar-refractivity contribution is 8.00. The maximum absolute atomic E-state index is 13.0. The normalized spacial score (nSPS) is 18.5. The summed E-state index contributed by atoms with van der Waals surface area (Å²) in [5.41, 5.74) is 3.15. The Morgan fingerprint density at radius 3 is 2.72 bits per heavy atom. The minimum Gasteiger partial charge on any atom is -0.494 e. The van der Waals surface area contributed by atoms with E-state index in [4.69, 9.17) is 4.74 Å². The van der Waals surface area contributed by atoms with Gasteiger partial charge in [-0.1, -0.05) is 11.8 Å². The monoisotopic (exact) mass is 407 g/mol. The molecule has 0 radical (unpaired) electrons.